The second-order valence-electron chi connectivity index (χ2n) is 6.71. The van der Waals surface area contributed by atoms with E-state index in [0.717, 1.165) is 32.1 Å². The molecule has 2 rings (SSSR count). The van der Waals surface area contributed by atoms with Gasteiger partial charge in [0.25, 0.3) is 0 Å². The highest BCUT2D eigenvalue weighted by Gasteiger charge is 2.49. The summed E-state index contributed by atoms with van der Waals surface area (Å²) in [7, 11) is 0. The van der Waals surface area contributed by atoms with Gasteiger partial charge in [-0.25, -0.2) is 0 Å². The van der Waals surface area contributed by atoms with Gasteiger partial charge in [0.1, 0.15) is 0 Å². The first-order valence-corrected chi connectivity index (χ1v) is 9.62. The summed E-state index contributed by atoms with van der Waals surface area (Å²) in [6, 6.07) is 4.54. The maximum atomic E-state index is 6.03. The Morgan fingerprint density at radius 2 is 1.81 bits per heavy atom. The summed E-state index contributed by atoms with van der Waals surface area (Å²) in [6.07, 6.45) is 1.39. The zero-order chi connectivity index (χ0) is 15.8. The standard InChI is InChI=1S/C16H22Br3NO/c1-9(2)8-21-14-7-13(16(14,3)4)20-15-11(18)5-10(17)6-12(15)19/h5-6,9,13-14,20H,7-8H2,1-4H3. The molecule has 0 amide bonds. The van der Waals surface area contributed by atoms with Crippen LogP contribution in [0.25, 0.3) is 0 Å². The Hall–Kier alpha value is 0.420. The molecular formula is C16H22Br3NO. The summed E-state index contributed by atoms with van der Waals surface area (Å²) in [5, 5.41) is 3.66. The maximum absolute atomic E-state index is 6.03. The van der Waals surface area contributed by atoms with Crippen molar-refractivity contribution in [2.24, 2.45) is 11.3 Å². The van der Waals surface area contributed by atoms with Crippen LogP contribution in [-0.4, -0.2) is 18.8 Å². The Bertz CT molecular complexity index is 493. The zero-order valence-electron chi connectivity index (χ0n) is 12.8. The van der Waals surface area contributed by atoms with E-state index in [1.165, 1.54) is 0 Å². The summed E-state index contributed by atoms with van der Waals surface area (Å²) >= 11 is 10.8. The molecule has 1 aliphatic carbocycles. The molecule has 0 aliphatic heterocycles. The van der Waals surface area contributed by atoms with Crippen molar-refractivity contribution in [1.29, 1.82) is 0 Å². The van der Waals surface area contributed by atoms with E-state index in [-0.39, 0.29) is 5.41 Å². The number of benzene rings is 1. The molecule has 2 atom stereocenters. The molecular weight excluding hydrogens is 462 g/mol. The van der Waals surface area contributed by atoms with Crippen molar-refractivity contribution in [2.75, 3.05) is 11.9 Å². The SMILES string of the molecule is CC(C)COC1CC(Nc2c(Br)cc(Br)cc2Br)C1(C)C. The fraction of sp³-hybridized carbons (Fsp3) is 0.625. The Morgan fingerprint density at radius 1 is 1.24 bits per heavy atom. The van der Waals surface area contributed by atoms with Gasteiger partial charge in [0.05, 0.1) is 11.8 Å². The summed E-state index contributed by atoms with van der Waals surface area (Å²) in [6.45, 7) is 9.78. The topological polar surface area (TPSA) is 21.3 Å². The third-order valence-corrected chi connectivity index (χ3v) is 5.84. The first kappa shape index (κ1) is 17.8. The zero-order valence-corrected chi connectivity index (χ0v) is 17.6. The lowest BCUT2D eigenvalue weighted by molar-refractivity contribution is -0.108. The lowest BCUT2D eigenvalue weighted by Crippen LogP contribution is -2.58. The minimum atomic E-state index is 0.140. The molecule has 1 aromatic rings. The van der Waals surface area contributed by atoms with E-state index in [0.29, 0.717) is 18.1 Å². The molecule has 2 unspecified atom stereocenters. The number of rotatable bonds is 5. The van der Waals surface area contributed by atoms with Crippen LogP contribution in [0.1, 0.15) is 34.1 Å². The van der Waals surface area contributed by atoms with Crippen molar-refractivity contribution in [1.82, 2.24) is 0 Å². The average molecular weight is 484 g/mol. The maximum Gasteiger partial charge on any atom is 0.0665 e. The molecule has 0 radical (unpaired) electrons. The summed E-state index contributed by atoms with van der Waals surface area (Å²) in [5.41, 5.74) is 1.25. The van der Waals surface area contributed by atoms with Gasteiger partial charge in [-0.1, -0.05) is 43.6 Å². The largest absolute Gasteiger partial charge is 0.380 e. The second kappa shape index (κ2) is 6.90. The fourth-order valence-corrected chi connectivity index (χ4v) is 5.06. The molecule has 0 spiro atoms. The molecule has 0 heterocycles. The Kier molecular flexibility index (Phi) is 5.83. The highest BCUT2D eigenvalue weighted by Crippen LogP contribution is 2.46. The highest BCUT2D eigenvalue weighted by atomic mass is 79.9. The number of nitrogens with one attached hydrogen (secondary N) is 1. The number of hydrogen-bond donors (Lipinski definition) is 1. The van der Waals surface area contributed by atoms with Crippen LogP contribution in [-0.2, 0) is 4.74 Å². The Morgan fingerprint density at radius 3 is 2.29 bits per heavy atom. The number of hydrogen-bond acceptors (Lipinski definition) is 2. The van der Waals surface area contributed by atoms with Gasteiger partial charge in [0.2, 0.25) is 0 Å². The van der Waals surface area contributed by atoms with Gasteiger partial charge in [-0.15, -0.1) is 0 Å². The molecule has 0 aromatic heterocycles. The normalized spacial score (nSPS) is 24.0. The van der Waals surface area contributed by atoms with Crippen LogP contribution < -0.4 is 5.32 Å². The monoisotopic (exact) mass is 481 g/mol. The molecule has 5 heteroatoms. The van der Waals surface area contributed by atoms with Crippen LogP contribution in [0.15, 0.2) is 25.6 Å². The number of halogens is 3. The van der Waals surface area contributed by atoms with Gasteiger partial charge in [0, 0.05) is 31.5 Å². The lowest BCUT2D eigenvalue weighted by Gasteiger charge is -2.52. The predicted molar refractivity (Wildman–Crippen MR) is 99.9 cm³/mol. The van der Waals surface area contributed by atoms with Crippen molar-refractivity contribution < 1.29 is 4.74 Å². The Balaban J connectivity index is 2.03. The minimum Gasteiger partial charge on any atom is -0.380 e. The second-order valence-corrected chi connectivity index (χ2v) is 9.34. The first-order valence-electron chi connectivity index (χ1n) is 7.24. The summed E-state index contributed by atoms with van der Waals surface area (Å²) in [4.78, 5) is 0. The quantitative estimate of drug-likeness (QED) is 0.536. The molecule has 0 saturated heterocycles. The van der Waals surface area contributed by atoms with Gasteiger partial charge in [-0.2, -0.15) is 0 Å². The van der Waals surface area contributed by atoms with E-state index in [9.17, 15) is 0 Å². The van der Waals surface area contributed by atoms with Crippen LogP contribution in [0.2, 0.25) is 0 Å². The van der Waals surface area contributed by atoms with Crippen LogP contribution in [0.4, 0.5) is 5.69 Å². The third kappa shape index (κ3) is 4.04. The predicted octanol–water partition coefficient (Wildman–Crippen LogP) is 6.23. The highest BCUT2D eigenvalue weighted by molar-refractivity contribution is 9.11. The molecule has 1 aromatic carbocycles. The van der Waals surface area contributed by atoms with Gasteiger partial charge in [0.15, 0.2) is 0 Å². The van der Waals surface area contributed by atoms with Crippen LogP contribution in [0.3, 0.4) is 0 Å². The fourth-order valence-electron chi connectivity index (χ4n) is 2.58. The molecule has 1 saturated carbocycles. The van der Waals surface area contributed by atoms with E-state index >= 15 is 0 Å². The third-order valence-electron chi connectivity index (χ3n) is 4.13. The number of ether oxygens (including phenoxy) is 1. The van der Waals surface area contributed by atoms with Crippen LogP contribution in [0, 0.1) is 11.3 Å². The summed E-state index contributed by atoms with van der Waals surface area (Å²) < 4.78 is 9.21. The molecule has 1 N–H and O–H groups in total. The van der Waals surface area contributed by atoms with Crippen LogP contribution >= 0.6 is 47.8 Å². The van der Waals surface area contributed by atoms with Gasteiger partial charge >= 0.3 is 0 Å². The molecule has 21 heavy (non-hydrogen) atoms. The van der Waals surface area contributed by atoms with Crippen molar-refractivity contribution in [3.05, 3.63) is 25.6 Å². The van der Waals surface area contributed by atoms with E-state index in [2.05, 4.69) is 92.9 Å². The lowest BCUT2D eigenvalue weighted by atomic mass is 9.64. The first-order chi connectivity index (χ1) is 9.71. The van der Waals surface area contributed by atoms with Crippen LogP contribution in [0.5, 0.6) is 0 Å². The van der Waals surface area contributed by atoms with Gasteiger partial charge < -0.3 is 10.1 Å². The van der Waals surface area contributed by atoms with Crippen molar-refractivity contribution in [2.45, 2.75) is 46.3 Å². The number of anilines is 1. The van der Waals surface area contributed by atoms with Crippen molar-refractivity contribution in [3.8, 4) is 0 Å². The minimum absolute atomic E-state index is 0.140. The average Bonchev–Trinajstić information content (AvgIpc) is 2.34. The molecule has 2 nitrogen and oxygen atoms in total. The van der Waals surface area contributed by atoms with Crippen molar-refractivity contribution in [3.63, 3.8) is 0 Å². The van der Waals surface area contributed by atoms with E-state index < -0.39 is 0 Å². The molecule has 118 valence electrons. The van der Waals surface area contributed by atoms with E-state index in [1.807, 2.05) is 0 Å². The van der Waals surface area contributed by atoms with Crippen molar-refractivity contribution >= 4 is 53.5 Å². The molecule has 1 fully saturated rings. The van der Waals surface area contributed by atoms with E-state index in [1.54, 1.807) is 0 Å². The summed E-state index contributed by atoms with van der Waals surface area (Å²) in [5.74, 6) is 0.586. The Labute approximate surface area is 152 Å². The van der Waals surface area contributed by atoms with E-state index in [4.69, 9.17) is 4.74 Å². The molecule has 0 bridgehead atoms. The van der Waals surface area contributed by atoms with Gasteiger partial charge in [-0.3, -0.25) is 0 Å². The van der Waals surface area contributed by atoms with Gasteiger partial charge in [-0.05, 0) is 56.3 Å². The smallest absolute Gasteiger partial charge is 0.0665 e. The molecule has 1 aliphatic rings.